The molecule has 0 nitrogen and oxygen atoms in total. The van der Waals surface area contributed by atoms with Crippen LogP contribution < -0.4 is 0 Å². The molecule has 0 saturated heterocycles. The fraction of sp³-hybridized carbons (Fsp3) is 0.231. The molecule has 0 aliphatic carbocycles. The molecule has 0 aliphatic rings. The average Bonchev–Trinajstić information content (AvgIpc) is 2.57. The number of hydrogen-bond donors (Lipinski definition) is 0. The van der Waals surface area contributed by atoms with Gasteiger partial charge in [0.2, 0.25) is 0 Å². The molecule has 1 aromatic carbocycles. The van der Waals surface area contributed by atoms with Crippen LogP contribution in [0.4, 0.5) is 0 Å². The lowest BCUT2D eigenvalue weighted by Gasteiger charge is -2.10. The highest BCUT2D eigenvalue weighted by Gasteiger charge is 2.14. The molecule has 0 bridgehead atoms. The van der Waals surface area contributed by atoms with Gasteiger partial charge in [-0.2, -0.15) is 0 Å². The minimum atomic E-state index is 0.233. The van der Waals surface area contributed by atoms with Crippen LogP contribution in [0.15, 0.2) is 30.3 Å². The second-order valence-corrected chi connectivity index (χ2v) is 6.60. The molecule has 1 heterocycles. The Bertz CT molecular complexity index is 504. The minimum absolute atomic E-state index is 0.233. The van der Waals surface area contributed by atoms with Gasteiger partial charge in [0.05, 0.1) is 4.83 Å². The third-order valence-corrected chi connectivity index (χ3v) is 4.73. The molecule has 0 spiro atoms. The van der Waals surface area contributed by atoms with Gasteiger partial charge in [-0.05, 0) is 43.2 Å². The van der Waals surface area contributed by atoms with Crippen molar-refractivity contribution in [3.8, 4) is 0 Å². The van der Waals surface area contributed by atoms with E-state index < -0.39 is 0 Å². The molecular formula is C13H12BrClS. The maximum atomic E-state index is 6.00. The molecule has 0 fully saturated rings. The largest absolute Gasteiger partial charge is 0.146 e. The highest BCUT2D eigenvalue weighted by atomic mass is 79.9. The Balaban J connectivity index is 2.38. The standard InChI is InChI=1S/C13H12BrClS/c1-8-6-12(9(2)16-8)13(14)10-4-3-5-11(15)7-10/h3-7,13H,1-2H3. The first-order valence-electron chi connectivity index (χ1n) is 5.04. The van der Waals surface area contributed by atoms with E-state index >= 15 is 0 Å². The summed E-state index contributed by atoms with van der Waals surface area (Å²) < 4.78 is 0. The van der Waals surface area contributed by atoms with E-state index in [-0.39, 0.29) is 4.83 Å². The highest BCUT2D eigenvalue weighted by molar-refractivity contribution is 9.09. The third kappa shape index (κ3) is 2.50. The summed E-state index contributed by atoms with van der Waals surface area (Å²) in [5.74, 6) is 0. The maximum absolute atomic E-state index is 6.00. The predicted molar refractivity (Wildman–Crippen MR) is 76.0 cm³/mol. The average molecular weight is 316 g/mol. The second kappa shape index (κ2) is 4.91. The van der Waals surface area contributed by atoms with E-state index in [0.29, 0.717) is 0 Å². The topological polar surface area (TPSA) is 0 Å². The predicted octanol–water partition coefficient (Wildman–Crippen LogP) is 5.50. The van der Waals surface area contributed by atoms with Crippen LogP contribution >= 0.6 is 38.9 Å². The molecule has 0 saturated carbocycles. The van der Waals surface area contributed by atoms with Gasteiger partial charge in [-0.25, -0.2) is 0 Å². The van der Waals surface area contributed by atoms with E-state index in [1.807, 2.05) is 29.5 Å². The molecule has 3 heteroatoms. The van der Waals surface area contributed by atoms with Gasteiger partial charge in [-0.1, -0.05) is 39.7 Å². The molecule has 0 radical (unpaired) electrons. The number of rotatable bonds is 2. The summed E-state index contributed by atoms with van der Waals surface area (Å²) in [6, 6.07) is 10.2. The van der Waals surface area contributed by atoms with Crippen molar-refractivity contribution in [1.82, 2.24) is 0 Å². The van der Waals surface area contributed by atoms with E-state index in [0.717, 1.165) is 5.02 Å². The number of benzene rings is 1. The molecule has 1 aromatic heterocycles. The number of thiophene rings is 1. The third-order valence-electron chi connectivity index (χ3n) is 2.49. The molecular weight excluding hydrogens is 304 g/mol. The van der Waals surface area contributed by atoms with Crippen molar-refractivity contribution >= 4 is 38.9 Å². The van der Waals surface area contributed by atoms with Crippen LogP contribution in [0.2, 0.25) is 5.02 Å². The quantitative estimate of drug-likeness (QED) is 0.642. The van der Waals surface area contributed by atoms with Crippen LogP contribution in [0.25, 0.3) is 0 Å². The Morgan fingerprint density at radius 1 is 1.25 bits per heavy atom. The summed E-state index contributed by atoms with van der Waals surface area (Å²) in [5, 5.41) is 0.784. The van der Waals surface area contributed by atoms with Crippen molar-refractivity contribution in [3.63, 3.8) is 0 Å². The van der Waals surface area contributed by atoms with Crippen LogP contribution in [-0.2, 0) is 0 Å². The SMILES string of the molecule is Cc1cc(C(Br)c2cccc(Cl)c2)c(C)s1. The van der Waals surface area contributed by atoms with Crippen LogP contribution in [-0.4, -0.2) is 0 Å². The van der Waals surface area contributed by atoms with Crippen molar-refractivity contribution in [2.45, 2.75) is 18.7 Å². The minimum Gasteiger partial charge on any atom is -0.146 e. The molecule has 1 unspecified atom stereocenters. The molecule has 84 valence electrons. The second-order valence-electron chi connectivity index (χ2n) is 3.79. The Labute approximate surface area is 113 Å². The van der Waals surface area contributed by atoms with Gasteiger partial charge in [-0.3, -0.25) is 0 Å². The Hall–Kier alpha value is -0.310. The molecule has 0 amide bonds. The zero-order chi connectivity index (χ0) is 11.7. The maximum Gasteiger partial charge on any atom is 0.0655 e. The lowest BCUT2D eigenvalue weighted by atomic mass is 10.1. The lowest BCUT2D eigenvalue weighted by molar-refractivity contribution is 1.17. The smallest absolute Gasteiger partial charge is 0.0655 e. The van der Waals surface area contributed by atoms with Crippen LogP contribution in [0.3, 0.4) is 0 Å². The van der Waals surface area contributed by atoms with Gasteiger partial charge >= 0.3 is 0 Å². The first kappa shape index (κ1) is 12.2. The van der Waals surface area contributed by atoms with Crippen molar-refractivity contribution in [1.29, 1.82) is 0 Å². The van der Waals surface area contributed by atoms with Gasteiger partial charge < -0.3 is 0 Å². The van der Waals surface area contributed by atoms with Gasteiger partial charge in [0.1, 0.15) is 0 Å². The van der Waals surface area contributed by atoms with Gasteiger partial charge in [-0.15, -0.1) is 11.3 Å². The molecule has 2 aromatic rings. The number of alkyl halides is 1. The first-order chi connectivity index (χ1) is 7.58. The van der Waals surface area contributed by atoms with Crippen molar-refractivity contribution in [3.05, 3.63) is 56.2 Å². The highest BCUT2D eigenvalue weighted by Crippen LogP contribution is 2.37. The summed E-state index contributed by atoms with van der Waals surface area (Å²) in [4.78, 5) is 2.94. The molecule has 16 heavy (non-hydrogen) atoms. The van der Waals surface area contributed by atoms with Crippen molar-refractivity contribution in [2.24, 2.45) is 0 Å². The Morgan fingerprint density at radius 2 is 2.00 bits per heavy atom. The van der Waals surface area contributed by atoms with Crippen molar-refractivity contribution < 1.29 is 0 Å². The van der Waals surface area contributed by atoms with Gasteiger partial charge in [0.25, 0.3) is 0 Å². The summed E-state index contributed by atoms with van der Waals surface area (Å²) in [7, 11) is 0. The Morgan fingerprint density at radius 3 is 2.56 bits per heavy atom. The summed E-state index contributed by atoms with van der Waals surface area (Å²) in [5.41, 5.74) is 2.54. The van der Waals surface area contributed by atoms with E-state index in [1.165, 1.54) is 20.9 Å². The monoisotopic (exact) mass is 314 g/mol. The van der Waals surface area contributed by atoms with Crippen LogP contribution in [0.5, 0.6) is 0 Å². The van der Waals surface area contributed by atoms with E-state index in [2.05, 4.69) is 41.9 Å². The van der Waals surface area contributed by atoms with E-state index in [1.54, 1.807) is 0 Å². The zero-order valence-electron chi connectivity index (χ0n) is 9.13. The Kier molecular flexibility index (Phi) is 3.73. The first-order valence-corrected chi connectivity index (χ1v) is 7.15. The van der Waals surface area contributed by atoms with Gasteiger partial charge in [0.15, 0.2) is 0 Å². The zero-order valence-corrected chi connectivity index (χ0v) is 12.3. The summed E-state index contributed by atoms with van der Waals surface area (Å²) >= 11 is 11.6. The fourth-order valence-electron chi connectivity index (χ4n) is 1.75. The van der Waals surface area contributed by atoms with E-state index in [4.69, 9.17) is 11.6 Å². The lowest BCUT2D eigenvalue weighted by Crippen LogP contribution is -1.92. The van der Waals surface area contributed by atoms with Crippen molar-refractivity contribution in [2.75, 3.05) is 0 Å². The molecule has 1 atom stereocenters. The normalized spacial score (nSPS) is 12.8. The number of hydrogen-bond acceptors (Lipinski definition) is 1. The van der Waals surface area contributed by atoms with Crippen LogP contribution in [0, 0.1) is 13.8 Å². The number of halogens is 2. The van der Waals surface area contributed by atoms with Crippen LogP contribution in [0.1, 0.15) is 25.7 Å². The fourth-order valence-corrected chi connectivity index (χ4v) is 3.82. The summed E-state index contributed by atoms with van der Waals surface area (Å²) in [6.07, 6.45) is 0. The van der Waals surface area contributed by atoms with Gasteiger partial charge in [0, 0.05) is 14.8 Å². The summed E-state index contributed by atoms with van der Waals surface area (Å²) in [6.45, 7) is 4.30. The molecule has 0 N–H and O–H groups in total. The molecule has 0 aliphatic heterocycles. The number of aryl methyl sites for hydroxylation is 2. The molecule has 2 rings (SSSR count). The van der Waals surface area contributed by atoms with E-state index in [9.17, 15) is 0 Å².